The smallest absolute Gasteiger partial charge is 0.272 e. The molecule has 0 spiro atoms. The van der Waals surface area contributed by atoms with Gasteiger partial charge in [-0.1, -0.05) is 18.2 Å². The van der Waals surface area contributed by atoms with Gasteiger partial charge >= 0.3 is 0 Å². The zero-order chi connectivity index (χ0) is 16.8. The largest absolute Gasteiger partial charge is 0.478 e. The van der Waals surface area contributed by atoms with Gasteiger partial charge in [0, 0.05) is 36.0 Å². The molecule has 1 aromatic carbocycles. The highest BCUT2D eigenvalue weighted by Crippen LogP contribution is 2.24. The lowest BCUT2D eigenvalue weighted by molar-refractivity contribution is -0.385. The van der Waals surface area contributed by atoms with E-state index in [1.54, 1.807) is 25.3 Å². The second kappa shape index (κ2) is 7.69. The summed E-state index contributed by atoms with van der Waals surface area (Å²) in [7, 11) is 0. The van der Waals surface area contributed by atoms with Crippen LogP contribution in [0.3, 0.4) is 0 Å². The van der Waals surface area contributed by atoms with E-state index in [0.717, 1.165) is 11.1 Å². The van der Waals surface area contributed by atoms with Crippen molar-refractivity contribution in [2.75, 3.05) is 6.61 Å². The summed E-state index contributed by atoms with van der Waals surface area (Å²) in [5, 5.41) is 14.4. The maximum atomic E-state index is 11.1. The summed E-state index contributed by atoms with van der Waals surface area (Å²) in [6.45, 7) is 6.77. The molecule has 23 heavy (non-hydrogen) atoms. The zero-order valence-corrected chi connectivity index (χ0v) is 13.6. The number of rotatable bonds is 7. The van der Waals surface area contributed by atoms with Gasteiger partial charge in [-0.05, 0) is 32.4 Å². The molecule has 1 atom stereocenters. The third-order valence-corrected chi connectivity index (χ3v) is 3.66. The average molecular weight is 315 g/mol. The van der Waals surface area contributed by atoms with Crippen LogP contribution >= 0.6 is 0 Å². The third-order valence-electron chi connectivity index (χ3n) is 3.66. The first-order valence-electron chi connectivity index (χ1n) is 7.58. The van der Waals surface area contributed by atoms with Crippen LogP contribution in [0.15, 0.2) is 36.5 Å². The second-order valence-electron chi connectivity index (χ2n) is 5.31. The first-order chi connectivity index (χ1) is 11.0. The van der Waals surface area contributed by atoms with Crippen LogP contribution in [0.4, 0.5) is 5.69 Å². The standard InChI is InChI=1S/C17H21N3O3/c1-4-23-17-15(6-5-9-18-17)11-19-13(3)14-8-7-12(2)16(10-14)20(21)22/h5-10,13,19H,4,11H2,1-3H3/t13-/m0/s1. The van der Waals surface area contributed by atoms with Gasteiger partial charge in [0.25, 0.3) is 5.69 Å². The molecule has 0 saturated carbocycles. The Bertz CT molecular complexity index is 689. The van der Waals surface area contributed by atoms with E-state index in [2.05, 4.69) is 10.3 Å². The first kappa shape index (κ1) is 16.9. The van der Waals surface area contributed by atoms with Gasteiger partial charge in [-0.3, -0.25) is 10.1 Å². The van der Waals surface area contributed by atoms with Crippen molar-refractivity contribution in [3.05, 3.63) is 63.3 Å². The van der Waals surface area contributed by atoms with E-state index in [1.807, 2.05) is 32.0 Å². The van der Waals surface area contributed by atoms with E-state index in [-0.39, 0.29) is 16.7 Å². The number of hydrogen-bond acceptors (Lipinski definition) is 5. The van der Waals surface area contributed by atoms with Crippen molar-refractivity contribution in [3.8, 4) is 5.88 Å². The number of ether oxygens (including phenoxy) is 1. The zero-order valence-electron chi connectivity index (χ0n) is 13.6. The number of nitro groups is 1. The van der Waals surface area contributed by atoms with Crippen molar-refractivity contribution in [1.82, 2.24) is 10.3 Å². The maximum absolute atomic E-state index is 11.1. The van der Waals surface area contributed by atoms with Crippen LogP contribution in [0, 0.1) is 17.0 Å². The Morgan fingerprint density at radius 3 is 2.87 bits per heavy atom. The fourth-order valence-corrected chi connectivity index (χ4v) is 2.30. The Hall–Kier alpha value is -2.47. The van der Waals surface area contributed by atoms with Crippen LogP contribution < -0.4 is 10.1 Å². The number of pyridine rings is 1. The van der Waals surface area contributed by atoms with Crippen LogP contribution in [-0.2, 0) is 6.54 Å². The number of nitrogens with one attached hydrogen (secondary N) is 1. The lowest BCUT2D eigenvalue weighted by Crippen LogP contribution is -2.19. The number of hydrogen-bond donors (Lipinski definition) is 1. The van der Waals surface area contributed by atoms with Crippen molar-refractivity contribution in [3.63, 3.8) is 0 Å². The molecule has 0 aliphatic rings. The molecule has 0 aliphatic heterocycles. The molecule has 6 nitrogen and oxygen atoms in total. The minimum absolute atomic E-state index is 0.0241. The summed E-state index contributed by atoms with van der Waals surface area (Å²) < 4.78 is 5.50. The molecule has 2 aromatic rings. The number of aromatic nitrogens is 1. The number of nitrogens with zero attached hydrogens (tertiary/aromatic N) is 2. The predicted molar refractivity (Wildman–Crippen MR) is 88.5 cm³/mol. The molecule has 0 fully saturated rings. The van der Waals surface area contributed by atoms with Crippen molar-refractivity contribution < 1.29 is 9.66 Å². The molecule has 0 unspecified atom stereocenters. The van der Waals surface area contributed by atoms with E-state index in [9.17, 15) is 10.1 Å². The molecule has 1 N–H and O–H groups in total. The highest BCUT2D eigenvalue weighted by molar-refractivity contribution is 5.43. The van der Waals surface area contributed by atoms with E-state index < -0.39 is 0 Å². The molecule has 0 saturated heterocycles. The highest BCUT2D eigenvalue weighted by atomic mass is 16.6. The highest BCUT2D eigenvalue weighted by Gasteiger charge is 2.14. The second-order valence-corrected chi connectivity index (χ2v) is 5.31. The lowest BCUT2D eigenvalue weighted by Gasteiger charge is -2.16. The van der Waals surface area contributed by atoms with Crippen molar-refractivity contribution in [2.24, 2.45) is 0 Å². The topological polar surface area (TPSA) is 77.3 Å². The average Bonchev–Trinajstić information content (AvgIpc) is 2.54. The Morgan fingerprint density at radius 1 is 1.39 bits per heavy atom. The molecule has 1 aromatic heterocycles. The van der Waals surface area contributed by atoms with Crippen molar-refractivity contribution >= 4 is 5.69 Å². The van der Waals surface area contributed by atoms with Crippen LogP contribution in [0.2, 0.25) is 0 Å². The summed E-state index contributed by atoms with van der Waals surface area (Å²) in [6.07, 6.45) is 1.70. The summed E-state index contributed by atoms with van der Waals surface area (Å²) >= 11 is 0. The number of aryl methyl sites for hydroxylation is 1. The van der Waals surface area contributed by atoms with Gasteiger partial charge in [0.05, 0.1) is 11.5 Å². The van der Waals surface area contributed by atoms with E-state index in [0.29, 0.717) is 24.6 Å². The molecule has 1 heterocycles. The van der Waals surface area contributed by atoms with Crippen molar-refractivity contribution in [2.45, 2.75) is 33.4 Å². The van der Waals surface area contributed by atoms with Crippen molar-refractivity contribution in [1.29, 1.82) is 0 Å². The molecule has 0 aliphatic carbocycles. The summed E-state index contributed by atoms with van der Waals surface area (Å²) in [6, 6.07) is 9.10. The molecule has 2 rings (SSSR count). The first-order valence-corrected chi connectivity index (χ1v) is 7.58. The lowest BCUT2D eigenvalue weighted by atomic mass is 10.0. The van der Waals surface area contributed by atoms with Crippen LogP contribution in [0.25, 0.3) is 0 Å². The van der Waals surface area contributed by atoms with Gasteiger partial charge in [-0.25, -0.2) is 4.98 Å². The maximum Gasteiger partial charge on any atom is 0.272 e. The van der Waals surface area contributed by atoms with Gasteiger partial charge in [0.15, 0.2) is 0 Å². The normalized spacial score (nSPS) is 12.0. The van der Waals surface area contributed by atoms with Gasteiger partial charge in [0.1, 0.15) is 0 Å². The number of benzene rings is 1. The third kappa shape index (κ3) is 4.26. The quantitative estimate of drug-likeness (QED) is 0.624. The fourth-order valence-electron chi connectivity index (χ4n) is 2.30. The van der Waals surface area contributed by atoms with Crippen LogP contribution in [0.5, 0.6) is 5.88 Å². The van der Waals surface area contributed by atoms with E-state index in [1.165, 1.54) is 0 Å². The van der Waals surface area contributed by atoms with Crippen LogP contribution in [0.1, 0.15) is 36.6 Å². The molecule has 0 bridgehead atoms. The minimum Gasteiger partial charge on any atom is -0.478 e. The van der Waals surface area contributed by atoms with Gasteiger partial charge < -0.3 is 10.1 Å². The summed E-state index contributed by atoms with van der Waals surface area (Å²) in [5.41, 5.74) is 2.65. The van der Waals surface area contributed by atoms with E-state index >= 15 is 0 Å². The van der Waals surface area contributed by atoms with E-state index in [4.69, 9.17) is 4.74 Å². The van der Waals surface area contributed by atoms with Gasteiger partial charge in [-0.15, -0.1) is 0 Å². The Balaban J connectivity index is 2.10. The Labute approximate surface area is 135 Å². The van der Waals surface area contributed by atoms with Gasteiger partial charge in [-0.2, -0.15) is 0 Å². The Kier molecular flexibility index (Phi) is 5.65. The molecular weight excluding hydrogens is 294 g/mol. The number of nitro benzene ring substituents is 1. The summed E-state index contributed by atoms with van der Waals surface area (Å²) in [4.78, 5) is 14.9. The minimum atomic E-state index is -0.347. The molecule has 122 valence electrons. The van der Waals surface area contributed by atoms with Gasteiger partial charge in [0.2, 0.25) is 5.88 Å². The molecule has 0 radical (unpaired) electrons. The summed E-state index contributed by atoms with van der Waals surface area (Å²) in [5.74, 6) is 0.615. The Morgan fingerprint density at radius 2 is 2.17 bits per heavy atom. The monoisotopic (exact) mass is 315 g/mol. The fraction of sp³-hybridized carbons (Fsp3) is 0.353. The molecule has 6 heteroatoms. The SMILES string of the molecule is CCOc1ncccc1CN[C@@H](C)c1ccc(C)c([N+](=O)[O-])c1. The van der Waals surface area contributed by atoms with Crippen LogP contribution in [-0.4, -0.2) is 16.5 Å². The molecule has 0 amide bonds. The molecular formula is C17H21N3O3. The predicted octanol–water partition coefficient (Wildman–Crippen LogP) is 3.55.